The summed E-state index contributed by atoms with van der Waals surface area (Å²) in [5.74, 6) is -0.423. The molecule has 98 valence electrons. The molecule has 1 aliphatic rings. The highest BCUT2D eigenvalue weighted by Gasteiger charge is 2.17. The summed E-state index contributed by atoms with van der Waals surface area (Å²) >= 11 is 11.8. The summed E-state index contributed by atoms with van der Waals surface area (Å²) in [4.78, 5) is 0. The van der Waals surface area contributed by atoms with Gasteiger partial charge in [0.15, 0.2) is 0 Å². The second-order valence-electron chi connectivity index (χ2n) is 4.66. The van der Waals surface area contributed by atoms with Crippen LogP contribution in [0.15, 0.2) is 24.3 Å². The van der Waals surface area contributed by atoms with Crippen molar-refractivity contribution >= 4 is 23.2 Å². The summed E-state index contributed by atoms with van der Waals surface area (Å²) < 4.78 is 13.5. The van der Waals surface area contributed by atoms with Crippen molar-refractivity contribution in [2.75, 3.05) is 0 Å². The molecule has 0 saturated heterocycles. The van der Waals surface area contributed by atoms with E-state index in [0.29, 0.717) is 11.1 Å². The Morgan fingerprint density at radius 1 is 1.28 bits per heavy atom. The number of allylic oxidation sites excluding steroid dienone is 1. The fourth-order valence-electron chi connectivity index (χ4n) is 2.26. The van der Waals surface area contributed by atoms with Crippen LogP contribution in [0.2, 0.25) is 10.0 Å². The molecular formula is C14H16Cl2FN. The molecule has 2 unspecified atom stereocenters. The van der Waals surface area contributed by atoms with Crippen molar-refractivity contribution in [1.82, 2.24) is 5.32 Å². The summed E-state index contributed by atoms with van der Waals surface area (Å²) in [7, 11) is 0. The Kier molecular flexibility index (Phi) is 4.66. The third-order valence-electron chi connectivity index (χ3n) is 3.26. The smallest absolute Gasteiger partial charge is 0.142 e. The molecule has 1 aliphatic carbocycles. The number of halogens is 3. The molecule has 1 N–H and O–H groups in total. The van der Waals surface area contributed by atoms with E-state index in [1.165, 1.54) is 12.1 Å². The van der Waals surface area contributed by atoms with E-state index < -0.39 is 5.82 Å². The molecule has 1 aromatic rings. The quantitative estimate of drug-likeness (QED) is 0.616. The first-order valence-corrected chi connectivity index (χ1v) is 6.89. The molecule has 1 nitrogen and oxygen atoms in total. The Labute approximate surface area is 117 Å². The van der Waals surface area contributed by atoms with Crippen LogP contribution in [0.5, 0.6) is 0 Å². The van der Waals surface area contributed by atoms with Gasteiger partial charge in [-0.2, -0.15) is 0 Å². The summed E-state index contributed by atoms with van der Waals surface area (Å²) in [5.41, 5.74) is 0.758. The molecule has 0 spiro atoms. The van der Waals surface area contributed by atoms with E-state index in [1.807, 2.05) is 6.92 Å². The molecule has 2 atom stereocenters. The zero-order valence-corrected chi connectivity index (χ0v) is 11.7. The molecule has 0 saturated carbocycles. The molecule has 1 aromatic carbocycles. The Hall–Kier alpha value is -0.570. The standard InChI is InChI=1S/C14H16Cl2FN/c1-9(18-10-5-3-2-4-6-10)11-7-14(17)13(16)8-12(11)15/h2-3,7-10,18H,4-6H2,1H3. The van der Waals surface area contributed by atoms with Crippen molar-refractivity contribution in [2.24, 2.45) is 0 Å². The van der Waals surface area contributed by atoms with E-state index in [9.17, 15) is 4.39 Å². The van der Waals surface area contributed by atoms with Crippen LogP contribution in [-0.2, 0) is 0 Å². The molecule has 0 fully saturated rings. The fraction of sp³-hybridized carbons (Fsp3) is 0.429. The second kappa shape index (κ2) is 6.05. The molecule has 0 amide bonds. The number of rotatable bonds is 3. The highest BCUT2D eigenvalue weighted by atomic mass is 35.5. The largest absolute Gasteiger partial charge is 0.307 e. The van der Waals surface area contributed by atoms with Gasteiger partial charge in [-0.1, -0.05) is 35.4 Å². The Balaban J connectivity index is 2.10. The molecule has 2 rings (SSSR count). The normalized spacial score (nSPS) is 21.0. The minimum atomic E-state index is -0.423. The first-order valence-electron chi connectivity index (χ1n) is 6.13. The Bertz CT molecular complexity index is 459. The van der Waals surface area contributed by atoms with E-state index in [4.69, 9.17) is 23.2 Å². The van der Waals surface area contributed by atoms with Gasteiger partial charge in [0.2, 0.25) is 0 Å². The lowest BCUT2D eigenvalue weighted by Gasteiger charge is -2.25. The molecule has 0 aliphatic heterocycles. The maximum absolute atomic E-state index is 13.5. The maximum atomic E-state index is 13.5. The van der Waals surface area contributed by atoms with Gasteiger partial charge in [-0.15, -0.1) is 0 Å². The van der Waals surface area contributed by atoms with Crippen LogP contribution in [-0.4, -0.2) is 6.04 Å². The van der Waals surface area contributed by atoms with Gasteiger partial charge in [-0.05, 0) is 43.9 Å². The third kappa shape index (κ3) is 3.25. The van der Waals surface area contributed by atoms with Gasteiger partial charge in [-0.3, -0.25) is 0 Å². The van der Waals surface area contributed by atoms with Crippen LogP contribution in [0.1, 0.15) is 37.8 Å². The molecule has 0 heterocycles. The van der Waals surface area contributed by atoms with Crippen molar-refractivity contribution in [3.63, 3.8) is 0 Å². The zero-order valence-electron chi connectivity index (χ0n) is 10.2. The number of nitrogens with one attached hydrogen (secondary N) is 1. The summed E-state index contributed by atoms with van der Waals surface area (Å²) in [5, 5.41) is 4.05. The predicted octanol–water partition coefficient (Wildman–Crippen LogP) is 4.89. The van der Waals surface area contributed by atoms with E-state index in [2.05, 4.69) is 17.5 Å². The molecular weight excluding hydrogens is 272 g/mol. The molecule has 18 heavy (non-hydrogen) atoms. The van der Waals surface area contributed by atoms with E-state index >= 15 is 0 Å². The number of benzene rings is 1. The van der Waals surface area contributed by atoms with Gasteiger partial charge < -0.3 is 5.32 Å². The zero-order chi connectivity index (χ0) is 13.1. The van der Waals surface area contributed by atoms with Crippen LogP contribution >= 0.6 is 23.2 Å². The summed E-state index contributed by atoms with van der Waals surface area (Å²) in [6, 6.07) is 3.33. The highest BCUT2D eigenvalue weighted by Crippen LogP contribution is 2.29. The van der Waals surface area contributed by atoms with Crippen molar-refractivity contribution in [3.05, 3.63) is 45.7 Å². The van der Waals surface area contributed by atoms with Crippen LogP contribution in [0, 0.1) is 5.82 Å². The SMILES string of the molecule is CC(NC1CC=CCC1)c1cc(F)c(Cl)cc1Cl. The Morgan fingerprint density at radius 3 is 2.72 bits per heavy atom. The van der Waals surface area contributed by atoms with E-state index in [1.54, 1.807) is 0 Å². The fourth-order valence-corrected chi connectivity index (χ4v) is 2.80. The van der Waals surface area contributed by atoms with Crippen LogP contribution in [0.4, 0.5) is 4.39 Å². The minimum Gasteiger partial charge on any atom is -0.307 e. The maximum Gasteiger partial charge on any atom is 0.142 e. The third-order valence-corrected chi connectivity index (χ3v) is 3.88. The minimum absolute atomic E-state index is 0.0146. The van der Waals surface area contributed by atoms with Crippen molar-refractivity contribution < 1.29 is 4.39 Å². The number of hydrogen-bond acceptors (Lipinski definition) is 1. The van der Waals surface area contributed by atoms with Crippen molar-refractivity contribution in [1.29, 1.82) is 0 Å². The van der Waals surface area contributed by atoms with E-state index in [-0.39, 0.29) is 11.1 Å². The first kappa shape index (κ1) is 13.9. The van der Waals surface area contributed by atoms with Crippen molar-refractivity contribution in [2.45, 2.75) is 38.3 Å². The molecule has 0 aromatic heterocycles. The lowest BCUT2D eigenvalue weighted by atomic mass is 9.99. The lowest BCUT2D eigenvalue weighted by molar-refractivity contribution is 0.425. The van der Waals surface area contributed by atoms with Crippen molar-refractivity contribution in [3.8, 4) is 0 Å². The van der Waals surface area contributed by atoms with Gasteiger partial charge in [0, 0.05) is 17.1 Å². The summed E-state index contributed by atoms with van der Waals surface area (Å²) in [6.07, 6.45) is 7.58. The van der Waals surface area contributed by atoms with Gasteiger partial charge in [0.05, 0.1) is 5.02 Å². The predicted molar refractivity (Wildman–Crippen MR) is 74.7 cm³/mol. The Morgan fingerprint density at radius 2 is 2.06 bits per heavy atom. The molecule has 4 heteroatoms. The topological polar surface area (TPSA) is 12.0 Å². The van der Waals surface area contributed by atoms with Gasteiger partial charge in [0.1, 0.15) is 5.82 Å². The molecule has 0 bridgehead atoms. The highest BCUT2D eigenvalue weighted by molar-refractivity contribution is 6.35. The van der Waals surface area contributed by atoms with Crippen LogP contribution < -0.4 is 5.32 Å². The first-order chi connectivity index (χ1) is 8.58. The van der Waals surface area contributed by atoms with Gasteiger partial charge in [-0.25, -0.2) is 4.39 Å². The van der Waals surface area contributed by atoms with Gasteiger partial charge in [0.25, 0.3) is 0 Å². The average Bonchev–Trinajstić information content (AvgIpc) is 2.35. The van der Waals surface area contributed by atoms with Gasteiger partial charge >= 0.3 is 0 Å². The molecule has 0 radical (unpaired) electrons. The van der Waals surface area contributed by atoms with Crippen LogP contribution in [0.3, 0.4) is 0 Å². The lowest BCUT2D eigenvalue weighted by Crippen LogP contribution is -2.32. The van der Waals surface area contributed by atoms with E-state index in [0.717, 1.165) is 24.8 Å². The monoisotopic (exact) mass is 287 g/mol. The number of hydrogen-bond donors (Lipinski definition) is 1. The van der Waals surface area contributed by atoms with Crippen LogP contribution in [0.25, 0.3) is 0 Å². The summed E-state index contributed by atoms with van der Waals surface area (Å²) in [6.45, 7) is 1.99. The average molecular weight is 288 g/mol. The second-order valence-corrected chi connectivity index (χ2v) is 5.47.